The molecule has 0 heterocycles. The number of nitrogens with one attached hydrogen (secondary N) is 1. The third kappa shape index (κ3) is 4.92. The Morgan fingerprint density at radius 2 is 1.90 bits per heavy atom. The first-order valence-corrected chi connectivity index (χ1v) is 7.57. The van der Waals surface area contributed by atoms with Gasteiger partial charge in [0.15, 0.2) is 0 Å². The minimum atomic E-state index is -4.65. The second kappa shape index (κ2) is 7.16. The maximum Gasteiger partial charge on any atom is 0.573 e. The highest BCUT2D eigenvalue weighted by Gasteiger charge is 2.33. The van der Waals surface area contributed by atoms with Crippen LogP contribution in [-0.4, -0.2) is 12.9 Å². The van der Waals surface area contributed by atoms with E-state index in [1.54, 1.807) is 18.2 Å². The molecular weight excluding hydrogens is 279 g/mol. The van der Waals surface area contributed by atoms with Crippen molar-refractivity contribution in [2.75, 3.05) is 6.54 Å². The summed E-state index contributed by atoms with van der Waals surface area (Å²) in [7, 11) is 0. The number of hydrogen-bond donors (Lipinski definition) is 1. The van der Waals surface area contributed by atoms with E-state index in [-0.39, 0.29) is 11.8 Å². The largest absolute Gasteiger partial charge is 0.573 e. The summed E-state index contributed by atoms with van der Waals surface area (Å²) in [4.78, 5) is 0. The lowest BCUT2D eigenvalue weighted by molar-refractivity contribution is -0.275. The van der Waals surface area contributed by atoms with Gasteiger partial charge in [0.1, 0.15) is 5.75 Å². The zero-order chi connectivity index (χ0) is 15.3. The number of para-hydroxylation sites is 1. The lowest BCUT2D eigenvalue weighted by atomic mass is 9.93. The molecule has 1 aromatic carbocycles. The van der Waals surface area contributed by atoms with Gasteiger partial charge in [-0.05, 0) is 24.9 Å². The van der Waals surface area contributed by atoms with E-state index >= 15 is 0 Å². The predicted octanol–water partition coefficient (Wildman–Crippen LogP) is 4.82. The highest BCUT2D eigenvalue weighted by molar-refractivity contribution is 5.36. The molecule has 1 fully saturated rings. The summed E-state index contributed by atoms with van der Waals surface area (Å²) in [6.07, 6.45) is 1.01. The van der Waals surface area contributed by atoms with E-state index in [1.807, 2.05) is 6.92 Å². The molecule has 0 aliphatic heterocycles. The molecule has 0 spiro atoms. The molecule has 1 unspecified atom stereocenters. The molecule has 5 heteroatoms. The summed E-state index contributed by atoms with van der Waals surface area (Å²) in [5, 5.41) is 3.30. The second-order valence-corrected chi connectivity index (χ2v) is 5.58. The van der Waals surface area contributed by atoms with Crippen LogP contribution >= 0.6 is 0 Å². The number of hydrogen-bond acceptors (Lipinski definition) is 2. The standard InChI is InChI=1S/C16H22F3NO/c1-2-20-14(11-12-7-3-4-8-12)13-9-5-6-10-15(13)21-16(17,18)19/h5-6,9-10,12,14,20H,2-4,7-8,11H2,1H3. The van der Waals surface area contributed by atoms with Gasteiger partial charge in [0.05, 0.1) is 0 Å². The maximum absolute atomic E-state index is 12.5. The average Bonchev–Trinajstić information content (AvgIpc) is 2.90. The van der Waals surface area contributed by atoms with Gasteiger partial charge < -0.3 is 10.1 Å². The SMILES string of the molecule is CCNC(CC1CCCC1)c1ccccc1OC(F)(F)F. The fraction of sp³-hybridized carbons (Fsp3) is 0.625. The fourth-order valence-corrected chi connectivity index (χ4v) is 3.13. The zero-order valence-corrected chi connectivity index (χ0v) is 12.2. The van der Waals surface area contributed by atoms with Gasteiger partial charge in [-0.2, -0.15) is 0 Å². The van der Waals surface area contributed by atoms with Crippen molar-refractivity contribution < 1.29 is 17.9 Å². The zero-order valence-electron chi connectivity index (χ0n) is 12.2. The molecule has 0 amide bonds. The van der Waals surface area contributed by atoms with Gasteiger partial charge in [0, 0.05) is 11.6 Å². The number of benzene rings is 1. The molecule has 0 radical (unpaired) electrons. The van der Waals surface area contributed by atoms with Gasteiger partial charge in [-0.25, -0.2) is 0 Å². The summed E-state index contributed by atoms with van der Waals surface area (Å²) in [6, 6.07) is 6.36. The molecule has 1 saturated carbocycles. The molecule has 0 bridgehead atoms. The van der Waals surface area contributed by atoms with E-state index in [2.05, 4.69) is 10.1 Å². The van der Waals surface area contributed by atoms with Crippen molar-refractivity contribution >= 4 is 0 Å². The minimum absolute atomic E-state index is 0.0864. The Labute approximate surface area is 123 Å². The van der Waals surface area contributed by atoms with Gasteiger partial charge in [-0.1, -0.05) is 50.8 Å². The predicted molar refractivity (Wildman–Crippen MR) is 76.1 cm³/mol. The summed E-state index contributed by atoms with van der Waals surface area (Å²) < 4.78 is 41.8. The molecule has 1 atom stereocenters. The van der Waals surface area contributed by atoms with Crippen LogP contribution in [0.4, 0.5) is 13.2 Å². The highest BCUT2D eigenvalue weighted by Crippen LogP contribution is 2.37. The Morgan fingerprint density at radius 1 is 1.24 bits per heavy atom. The van der Waals surface area contributed by atoms with Crippen LogP contribution in [0.1, 0.15) is 50.6 Å². The van der Waals surface area contributed by atoms with Crippen LogP contribution in [0, 0.1) is 5.92 Å². The molecule has 1 N–H and O–H groups in total. The van der Waals surface area contributed by atoms with Crippen molar-refractivity contribution in [2.24, 2.45) is 5.92 Å². The molecule has 0 saturated heterocycles. The van der Waals surface area contributed by atoms with Crippen molar-refractivity contribution in [3.05, 3.63) is 29.8 Å². The van der Waals surface area contributed by atoms with E-state index in [1.165, 1.54) is 31.7 Å². The van der Waals surface area contributed by atoms with Crippen LogP contribution in [-0.2, 0) is 0 Å². The molecule has 2 rings (SSSR count). The van der Waals surface area contributed by atoms with Crippen LogP contribution in [0.5, 0.6) is 5.75 Å². The molecule has 2 nitrogen and oxygen atoms in total. The van der Waals surface area contributed by atoms with E-state index < -0.39 is 6.36 Å². The maximum atomic E-state index is 12.5. The first-order valence-electron chi connectivity index (χ1n) is 7.57. The number of halogens is 3. The third-order valence-corrected chi connectivity index (χ3v) is 4.01. The Kier molecular flexibility index (Phi) is 5.51. The summed E-state index contributed by atoms with van der Waals surface area (Å²) >= 11 is 0. The van der Waals surface area contributed by atoms with Gasteiger partial charge in [0.25, 0.3) is 0 Å². The summed E-state index contributed by atoms with van der Waals surface area (Å²) in [6.45, 7) is 2.69. The Morgan fingerprint density at radius 3 is 2.52 bits per heavy atom. The molecule has 1 aliphatic carbocycles. The average molecular weight is 301 g/mol. The monoisotopic (exact) mass is 301 g/mol. The van der Waals surface area contributed by atoms with Gasteiger partial charge in [-0.15, -0.1) is 13.2 Å². The van der Waals surface area contributed by atoms with Gasteiger partial charge in [-0.3, -0.25) is 0 Å². The van der Waals surface area contributed by atoms with Crippen molar-refractivity contribution in [2.45, 2.75) is 51.4 Å². The molecule has 21 heavy (non-hydrogen) atoms. The normalized spacial score (nSPS) is 17.9. The van der Waals surface area contributed by atoms with Gasteiger partial charge >= 0.3 is 6.36 Å². The van der Waals surface area contributed by atoms with Crippen LogP contribution in [0.15, 0.2) is 24.3 Å². The number of alkyl halides is 3. The van der Waals surface area contributed by atoms with Crippen LogP contribution < -0.4 is 10.1 Å². The highest BCUT2D eigenvalue weighted by atomic mass is 19.4. The van der Waals surface area contributed by atoms with Gasteiger partial charge in [0.2, 0.25) is 0 Å². The third-order valence-electron chi connectivity index (χ3n) is 4.01. The van der Waals surface area contributed by atoms with Crippen molar-refractivity contribution in [3.8, 4) is 5.75 Å². The van der Waals surface area contributed by atoms with E-state index in [9.17, 15) is 13.2 Å². The van der Waals surface area contributed by atoms with Crippen LogP contribution in [0.25, 0.3) is 0 Å². The number of rotatable bonds is 6. The van der Waals surface area contributed by atoms with Crippen LogP contribution in [0.3, 0.4) is 0 Å². The van der Waals surface area contributed by atoms with E-state index in [0.717, 1.165) is 13.0 Å². The van der Waals surface area contributed by atoms with Crippen molar-refractivity contribution in [1.29, 1.82) is 0 Å². The lowest BCUT2D eigenvalue weighted by Gasteiger charge is -2.24. The smallest absolute Gasteiger partial charge is 0.405 e. The molecule has 1 aromatic rings. The number of ether oxygens (including phenoxy) is 1. The second-order valence-electron chi connectivity index (χ2n) is 5.58. The quantitative estimate of drug-likeness (QED) is 0.813. The minimum Gasteiger partial charge on any atom is -0.405 e. The molecule has 0 aromatic heterocycles. The molecule has 1 aliphatic rings. The Bertz CT molecular complexity index is 441. The lowest BCUT2D eigenvalue weighted by Crippen LogP contribution is -2.25. The molecule has 118 valence electrons. The Hall–Kier alpha value is -1.23. The van der Waals surface area contributed by atoms with Crippen molar-refractivity contribution in [3.63, 3.8) is 0 Å². The molecular formula is C16H22F3NO. The Balaban J connectivity index is 2.18. The van der Waals surface area contributed by atoms with E-state index in [0.29, 0.717) is 11.5 Å². The fourth-order valence-electron chi connectivity index (χ4n) is 3.13. The van der Waals surface area contributed by atoms with E-state index in [4.69, 9.17) is 0 Å². The first kappa shape index (κ1) is 16.1. The topological polar surface area (TPSA) is 21.3 Å². The van der Waals surface area contributed by atoms with Crippen LogP contribution in [0.2, 0.25) is 0 Å². The summed E-state index contributed by atoms with van der Waals surface area (Å²) in [5.74, 6) is 0.502. The van der Waals surface area contributed by atoms with Crippen molar-refractivity contribution in [1.82, 2.24) is 5.32 Å². The summed E-state index contributed by atoms with van der Waals surface area (Å²) in [5.41, 5.74) is 0.601. The first-order chi connectivity index (χ1) is 9.99.